The van der Waals surface area contributed by atoms with Gasteiger partial charge in [-0.3, -0.25) is 0 Å². The zero-order valence-corrected chi connectivity index (χ0v) is 11.8. The van der Waals surface area contributed by atoms with Gasteiger partial charge in [0.05, 0.1) is 11.1 Å². The fourth-order valence-electron chi connectivity index (χ4n) is 1.31. The minimum absolute atomic E-state index is 0.0205. The molecule has 0 spiro atoms. The van der Waals surface area contributed by atoms with Crippen molar-refractivity contribution in [3.63, 3.8) is 0 Å². The first-order chi connectivity index (χ1) is 8.93. The van der Waals surface area contributed by atoms with E-state index in [1.165, 1.54) is 20.3 Å². The standard InChI is InChI=1S/C11H10F6.C3H8/c1-6(2)7-3-8(10(12,13)14)5-9(4-7)11(15,16)17;1-3-2/h3-6H,1-2H3;3H2,1-2H3. The Morgan fingerprint density at radius 2 is 1.10 bits per heavy atom. The van der Waals surface area contributed by atoms with Crippen molar-refractivity contribution < 1.29 is 26.3 Å². The molecule has 0 amide bonds. The molecule has 0 bridgehead atoms. The molecule has 116 valence electrons. The van der Waals surface area contributed by atoms with Crippen LogP contribution in [-0.4, -0.2) is 0 Å². The summed E-state index contributed by atoms with van der Waals surface area (Å²) in [6, 6.07) is 1.63. The second-order valence-corrected chi connectivity index (χ2v) is 4.70. The molecule has 6 heteroatoms. The smallest absolute Gasteiger partial charge is 0.166 e. The first kappa shape index (κ1) is 18.8. The van der Waals surface area contributed by atoms with Gasteiger partial charge < -0.3 is 0 Å². The normalized spacial score (nSPS) is 12.2. The van der Waals surface area contributed by atoms with Crippen LogP contribution in [0.3, 0.4) is 0 Å². The maximum Gasteiger partial charge on any atom is 0.416 e. The summed E-state index contributed by atoms with van der Waals surface area (Å²) in [6.07, 6.45) is -8.30. The highest BCUT2D eigenvalue weighted by molar-refractivity contribution is 5.35. The third-order valence-electron chi connectivity index (χ3n) is 2.28. The minimum atomic E-state index is -4.77. The lowest BCUT2D eigenvalue weighted by molar-refractivity contribution is -0.143. The van der Waals surface area contributed by atoms with Gasteiger partial charge in [0.15, 0.2) is 0 Å². The topological polar surface area (TPSA) is 0 Å². The highest BCUT2D eigenvalue weighted by Gasteiger charge is 2.36. The fraction of sp³-hybridized carbons (Fsp3) is 0.571. The van der Waals surface area contributed by atoms with Crippen LogP contribution in [0.25, 0.3) is 0 Å². The zero-order chi connectivity index (χ0) is 16.1. The summed E-state index contributed by atoms with van der Waals surface area (Å²) in [5.41, 5.74) is -2.51. The summed E-state index contributed by atoms with van der Waals surface area (Å²) >= 11 is 0. The van der Waals surface area contributed by atoms with E-state index in [-0.39, 0.29) is 11.6 Å². The lowest BCUT2D eigenvalue weighted by Gasteiger charge is -2.15. The van der Waals surface area contributed by atoms with E-state index < -0.39 is 29.4 Å². The van der Waals surface area contributed by atoms with Crippen molar-refractivity contribution in [3.05, 3.63) is 34.9 Å². The number of halogens is 6. The summed E-state index contributed by atoms with van der Waals surface area (Å²) < 4.78 is 74.6. The minimum Gasteiger partial charge on any atom is -0.166 e. The number of hydrogen-bond donors (Lipinski definition) is 0. The van der Waals surface area contributed by atoms with E-state index >= 15 is 0 Å². The van der Waals surface area contributed by atoms with Crippen molar-refractivity contribution in [2.24, 2.45) is 0 Å². The molecule has 0 aliphatic rings. The molecule has 1 rings (SSSR count). The first-order valence-electron chi connectivity index (χ1n) is 6.22. The molecule has 0 saturated carbocycles. The Morgan fingerprint density at radius 1 is 0.800 bits per heavy atom. The van der Waals surface area contributed by atoms with E-state index in [0.29, 0.717) is 0 Å². The molecule has 0 fully saturated rings. The number of rotatable bonds is 1. The van der Waals surface area contributed by atoms with Gasteiger partial charge in [-0.2, -0.15) is 26.3 Å². The van der Waals surface area contributed by atoms with Crippen molar-refractivity contribution in [1.82, 2.24) is 0 Å². The SMILES string of the molecule is CC(C)c1cc(C(F)(F)F)cc(C(F)(F)F)c1.CCC. The Kier molecular flexibility index (Phi) is 6.58. The van der Waals surface area contributed by atoms with Crippen molar-refractivity contribution in [3.8, 4) is 0 Å². The lowest BCUT2D eigenvalue weighted by Crippen LogP contribution is -2.12. The van der Waals surface area contributed by atoms with Crippen LogP contribution in [0.15, 0.2) is 18.2 Å². The Hall–Kier alpha value is -1.20. The van der Waals surface area contributed by atoms with Gasteiger partial charge in [-0.15, -0.1) is 0 Å². The van der Waals surface area contributed by atoms with Crippen LogP contribution < -0.4 is 0 Å². The van der Waals surface area contributed by atoms with E-state index in [2.05, 4.69) is 13.8 Å². The maximum absolute atomic E-state index is 12.4. The van der Waals surface area contributed by atoms with Gasteiger partial charge in [0.1, 0.15) is 0 Å². The Morgan fingerprint density at radius 3 is 1.30 bits per heavy atom. The van der Waals surface area contributed by atoms with Crippen LogP contribution in [0.4, 0.5) is 26.3 Å². The van der Waals surface area contributed by atoms with Crippen LogP contribution >= 0.6 is 0 Å². The average Bonchev–Trinajstić information content (AvgIpc) is 2.27. The van der Waals surface area contributed by atoms with Gasteiger partial charge in [-0.25, -0.2) is 0 Å². The van der Waals surface area contributed by atoms with Gasteiger partial charge in [0.25, 0.3) is 0 Å². The molecule has 0 aliphatic carbocycles. The number of benzene rings is 1. The molecule has 0 N–H and O–H groups in total. The second kappa shape index (κ2) is 6.99. The molecule has 0 unspecified atom stereocenters. The quantitative estimate of drug-likeness (QED) is 0.537. The second-order valence-electron chi connectivity index (χ2n) is 4.70. The van der Waals surface area contributed by atoms with Crippen LogP contribution in [0.5, 0.6) is 0 Å². The molecular formula is C14H18F6. The molecule has 0 atom stereocenters. The largest absolute Gasteiger partial charge is 0.416 e. The fourth-order valence-corrected chi connectivity index (χ4v) is 1.31. The van der Waals surface area contributed by atoms with Gasteiger partial charge in [0, 0.05) is 0 Å². The average molecular weight is 300 g/mol. The Balaban J connectivity index is 0.00000110. The molecule has 20 heavy (non-hydrogen) atoms. The third kappa shape index (κ3) is 5.84. The molecule has 0 aromatic heterocycles. The number of alkyl halides is 6. The predicted octanol–water partition coefficient (Wildman–Crippen LogP) is 6.26. The van der Waals surface area contributed by atoms with E-state index in [0.717, 1.165) is 12.1 Å². The van der Waals surface area contributed by atoms with E-state index in [1.54, 1.807) is 0 Å². The molecule has 0 saturated heterocycles. The molecule has 1 aromatic carbocycles. The Bertz CT molecular complexity index is 382. The van der Waals surface area contributed by atoms with Gasteiger partial charge in [-0.1, -0.05) is 34.1 Å². The molecule has 0 heterocycles. The summed E-state index contributed by atoms with van der Waals surface area (Å²) in [4.78, 5) is 0. The molecule has 0 nitrogen and oxygen atoms in total. The van der Waals surface area contributed by atoms with Crippen LogP contribution in [0.1, 0.15) is 56.7 Å². The van der Waals surface area contributed by atoms with E-state index in [1.807, 2.05) is 0 Å². The Labute approximate surface area is 114 Å². The first-order valence-corrected chi connectivity index (χ1v) is 6.22. The lowest BCUT2D eigenvalue weighted by atomic mass is 9.97. The molecular weight excluding hydrogens is 282 g/mol. The molecule has 0 radical (unpaired) electrons. The highest BCUT2D eigenvalue weighted by atomic mass is 19.4. The molecule has 1 aromatic rings. The predicted molar refractivity (Wildman–Crippen MR) is 66.5 cm³/mol. The van der Waals surface area contributed by atoms with Crippen molar-refractivity contribution >= 4 is 0 Å². The van der Waals surface area contributed by atoms with E-state index in [9.17, 15) is 26.3 Å². The highest BCUT2D eigenvalue weighted by Crippen LogP contribution is 2.37. The monoisotopic (exact) mass is 300 g/mol. The van der Waals surface area contributed by atoms with Crippen molar-refractivity contribution in [2.45, 2.75) is 52.4 Å². The van der Waals surface area contributed by atoms with E-state index in [4.69, 9.17) is 0 Å². The van der Waals surface area contributed by atoms with Gasteiger partial charge >= 0.3 is 12.4 Å². The van der Waals surface area contributed by atoms with Crippen LogP contribution in [-0.2, 0) is 12.4 Å². The number of hydrogen-bond acceptors (Lipinski definition) is 0. The van der Waals surface area contributed by atoms with Crippen molar-refractivity contribution in [2.75, 3.05) is 0 Å². The summed E-state index contributed by atoms with van der Waals surface area (Å²) in [5, 5.41) is 0. The summed E-state index contributed by atoms with van der Waals surface area (Å²) in [6.45, 7) is 7.32. The zero-order valence-electron chi connectivity index (χ0n) is 11.8. The van der Waals surface area contributed by atoms with Crippen LogP contribution in [0, 0.1) is 0 Å². The van der Waals surface area contributed by atoms with Gasteiger partial charge in [-0.05, 0) is 29.7 Å². The van der Waals surface area contributed by atoms with Gasteiger partial charge in [0.2, 0.25) is 0 Å². The maximum atomic E-state index is 12.4. The third-order valence-corrected chi connectivity index (χ3v) is 2.28. The summed E-state index contributed by atoms with van der Waals surface area (Å²) in [5.74, 6) is -0.404. The van der Waals surface area contributed by atoms with Crippen LogP contribution in [0.2, 0.25) is 0 Å². The molecule has 0 aliphatic heterocycles. The summed E-state index contributed by atoms with van der Waals surface area (Å²) in [7, 11) is 0. The van der Waals surface area contributed by atoms with Crippen molar-refractivity contribution in [1.29, 1.82) is 0 Å².